The van der Waals surface area contributed by atoms with Crippen molar-refractivity contribution in [3.63, 3.8) is 0 Å². The number of hydrogen-bond acceptors (Lipinski definition) is 6. The van der Waals surface area contributed by atoms with E-state index in [9.17, 15) is 24.5 Å². The van der Waals surface area contributed by atoms with E-state index in [0.717, 1.165) is 15.7 Å². The molecule has 0 spiro atoms. The van der Waals surface area contributed by atoms with Crippen LogP contribution in [0.2, 0.25) is 0 Å². The number of anilines is 1. The van der Waals surface area contributed by atoms with Crippen LogP contribution in [0.4, 0.5) is 16.2 Å². The molecule has 1 aliphatic heterocycles. The molecule has 0 radical (unpaired) electrons. The highest BCUT2D eigenvalue weighted by molar-refractivity contribution is 6.10. The van der Waals surface area contributed by atoms with Crippen LogP contribution in [-0.2, 0) is 15.1 Å². The highest BCUT2D eigenvalue weighted by atomic mass is 16.6. The fourth-order valence-corrected chi connectivity index (χ4v) is 3.77. The molecule has 1 fully saturated rings. The van der Waals surface area contributed by atoms with Crippen LogP contribution in [0, 0.1) is 10.1 Å². The summed E-state index contributed by atoms with van der Waals surface area (Å²) in [6, 6.07) is 16.2. The number of rotatable bonds is 6. The van der Waals surface area contributed by atoms with Crippen LogP contribution in [0.15, 0.2) is 60.7 Å². The van der Waals surface area contributed by atoms with Gasteiger partial charge in [0.15, 0.2) is 0 Å². The summed E-state index contributed by atoms with van der Waals surface area (Å²) in [5.74, 6) is -1.10. The molecule has 3 aromatic rings. The number of hydrogen-bond donors (Lipinski definition) is 2. The van der Waals surface area contributed by atoms with E-state index >= 15 is 0 Å². The average Bonchev–Trinajstić information content (AvgIpc) is 3.02. The molecule has 0 saturated carbocycles. The SMILES string of the molecule is COc1ccc(NC(=O)CN2C(=O)NC(C)(c3ccc4ccccc4c3)C2=O)c([N+](=O)[O-])c1. The Bertz CT molecular complexity index is 1310. The first-order chi connectivity index (χ1) is 15.7. The lowest BCUT2D eigenvalue weighted by Crippen LogP contribution is -2.42. The minimum absolute atomic E-state index is 0.0739. The zero-order valence-corrected chi connectivity index (χ0v) is 17.8. The monoisotopic (exact) mass is 448 g/mol. The molecule has 1 aliphatic rings. The Labute approximate surface area is 188 Å². The number of amides is 4. The van der Waals surface area contributed by atoms with Crippen molar-refractivity contribution in [3.05, 3.63) is 76.3 Å². The molecule has 1 atom stereocenters. The Morgan fingerprint density at radius 1 is 1.12 bits per heavy atom. The van der Waals surface area contributed by atoms with Gasteiger partial charge in [0.25, 0.3) is 11.6 Å². The van der Waals surface area contributed by atoms with Gasteiger partial charge in [0, 0.05) is 0 Å². The first-order valence-corrected chi connectivity index (χ1v) is 9.98. The first-order valence-electron chi connectivity index (χ1n) is 9.98. The van der Waals surface area contributed by atoms with Gasteiger partial charge in [-0.3, -0.25) is 24.6 Å². The summed E-state index contributed by atoms with van der Waals surface area (Å²) in [7, 11) is 1.36. The Morgan fingerprint density at radius 3 is 2.55 bits per heavy atom. The first kappa shape index (κ1) is 21.8. The number of imide groups is 1. The van der Waals surface area contributed by atoms with Gasteiger partial charge < -0.3 is 15.4 Å². The van der Waals surface area contributed by atoms with E-state index < -0.39 is 34.9 Å². The largest absolute Gasteiger partial charge is 0.496 e. The summed E-state index contributed by atoms with van der Waals surface area (Å²) < 4.78 is 4.97. The number of nitro groups is 1. The van der Waals surface area contributed by atoms with Crippen molar-refractivity contribution < 1.29 is 24.0 Å². The number of carbonyl (C=O) groups is 3. The molecule has 3 aromatic carbocycles. The molecule has 1 saturated heterocycles. The number of urea groups is 1. The number of nitrogens with zero attached hydrogens (tertiary/aromatic N) is 2. The molecular weight excluding hydrogens is 428 g/mol. The predicted molar refractivity (Wildman–Crippen MR) is 120 cm³/mol. The molecule has 168 valence electrons. The average molecular weight is 448 g/mol. The Hall–Kier alpha value is -4.47. The van der Waals surface area contributed by atoms with Crippen LogP contribution in [-0.4, -0.2) is 41.3 Å². The van der Waals surface area contributed by atoms with Crippen molar-refractivity contribution in [3.8, 4) is 5.75 Å². The highest BCUT2D eigenvalue weighted by Gasteiger charge is 2.49. The maximum atomic E-state index is 13.2. The molecule has 33 heavy (non-hydrogen) atoms. The topological polar surface area (TPSA) is 131 Å². The lowest BCUT2D eigenvalue weighted by atomic mass is 9.90. The summed E-state index contributed by atoms with van der Waals surface area (Å²) in [5, 5.41) is 18.3. The van der Waals surface area contributed by atoms with Gasteiger partial charge in [-0.1, -0.05) is 36.4 Å². The van der Waals surface area contributed by atoms with Crippen molar-refractivity contribution >= 4 is 40.0 Å². The summed E-state index contributed by atoms with van der Waals surface area (Å²) in [6.45, 7) is 0.973. The summed E-state index contributed by atoms with van der Waals surface area (Å²) in [4.78, 5) is 49.8. The molecule has 0 aliphatic carbocycles. The van der Waals surface area contributed by atoms with E-state index in [1.54, 1.807) is 13.0 Å². The van der Waals surface area contributed by atoms with E-state index in [-0.39, 0.29) is 17.1 Å². The highest BCUT2D eigenvalue weighted by Crippen LogP contribution is 2.32. The Morgan fingerprint density at radius 2 is 1.85 bits per heavy atom. The fraction of sp³-hybridized carbons (Fsp3) is 0.174. The van der Waals surface area contributed by atoms with Crippen molar-refractivity contribution in [2.45, 2.75) is 12.5 Å². The van der Waals surface area contributed by atoms with E-state index in [4.69, 9.17) is 4.74 Å². The van der Waals surface area contributed by atoms with Crippen LogP contribution in [0.3, 0.4) is 0 Å². The van der Waals surface area contributed by atoms with Crippen molar-refractivity contribution in [1.82, 2.24) is 10.2 Å². The molecular formula is C23H20N4O6. The third kappa shape index (κ3) is 3.93. The second-order valence-corrected chi connectivity index (χ2v) is 7.70. The van der Waals surface area contributed by atoms with Crippen LogP contribution < -0.4 is 15.4 Å². The number of ether oxygens (including phenoxy) is 1. The minimum atomic E-state index is -1.35. The van der Waals surface area contributed by atoms with Crippen LogP contribution in [0.1, 0.15) is 12.5 Å². The van der Waals surface area contributed by atoms with Crippen molar-refractivity contribution in [1.29, 1.82) is 0 Å². The molecule has 2 N–H and O–H groups in total. The van der Waals surface area contributed by atoms with Gasteiger partial charge >= 0.3 is 6.03 Å². The number of nitrogens with one attached hydrogen (secondary N) is 2. The summed E-state index contributed by atoms with van der Waals surface area (Å²) in [5.41, 5.74) is -1.22. The third-order valence-electron chi connectivity index (χ3n) is 5.58. The third-order valence-corrected chi connectivity index (χ3v) is 5.58. The van der Waals surface area contributed by atoms with Gasteiger partial charge in [0.05, 0.1) is 18.1 Å². The van der Waals surface area contributed by atoms with Gasteiger partial charge in [-0.25, -0.2) is 4.79 Å². The number of benzene rings is 3. The number of fused-ring (bicyclic) bond motifs is 1. The number of nitro benzene ring substituents is 1. The summed E-state index contributed by atoms with van der Waals surface area (Å²) >= 11 is 0. The quantitative estimate of drug-likeness (QED) is 0.338. The molecule has 1 unspecified atom stereocenters. The second-order valence-electron chi connectivity index (χ2n) is 7.70. The van der Waals surface area contributed by atoms with Gasteiger partial charge in [-0.15, -0.1) is 0 Å². The van der Waals surface area contributed by atoms with Crippen LogP contribution in [0.5, 0.6) is 5.75 Å². The van der Waals surface area contributed by atoms with E-state index in [1.807, 2.05) is 36.4 Å². The molecule has 4 rings (SSSR count). The number of methoxy groups -OCH3 is 1. The molecule has 10 heteroatoms. The lowest BCUT2D eigenvalue weighted by Gasteiger charge is -2.22. The minimum Gasteiger partial charge on any atom is -0.496 e. The molecule has 1 heterocycles. The van der Waals surface area contributed by atoms with Crippen LogP contribution in [0.25, 0.3) is 10.8 Å². The zero-order chi connectivity index (χ0) is 23.8. The maximum absolute atomic E-state index is 13.2. The Balaban J connectivity index is 1.54. The van der Waals surface area contributed by atoms with Gasteiger partial charge in [-0.05, 0) is 41.5 Å². The fourth-order valence-electron chi connectivity index (χ4n) is 3.77. The number of carbonyl (C=O) groups excluding carboxylic acids is 3. The smallest absolute Gasteiger partial charge is 0.325 e. The van der Waals surface area contributed by atoms with E-state index in [1.165, 1.54) is 25.3 Å². The van der Waals surface area contributed by atoms with Crippen molar-refractivity contribution in [2.75, 3.05) is 19.0 Å². The second kappa shape index (κ2) is 8.23. The van der Waals surface area contributed by atoms with E-state index in [0.29, 0.717) is 5.56 Å². The van der Waals surface area contributed by atoms with Gasteiger partial charge in [0.1, 0.15) is 23.5 Å². The Kier molecular flexibility index (Phi) is 5.42. The molecule has 10 nitrogen and oxygen atoms in total. The van der Waals surface area contributed by atoms with Crippen molar-refractivity contribution in [2.24, 2.45) is 0 Å². The maximum Gasteiger partial charge on any atom is 0.325 e. The van der Waals surface area contributed by atoms with E-state index in [2.05, 4.69) is 10.6 Å². The normalized spacial score (nSPS) is 17.7. The summed E-state index contributed by atoms with van der Waals surface area (Å²) in [6.07, 6.45) is 0. The molecule has 0 aromatic heterocycles. The van der Waals surface area contributed by atoms with Crippen LogP contribution >= 0.6 is 0 Å². The lowest BCUT2D eigenvalue weighted by molar-refractivity contribution is -0.384. The standard InChI is InChI=1S/C23H20N4O6/c1-23(16-8-7-14-5-3-4-6-15(14)11-16)21(29)26(22(30)25-23)13-20(28)24-18-10-9-17(33-2)12-19(18)27(31)32/h3-12H,13H2,1-2H3,(H,24,28)(H,25,30). The molecule has 4 amide bonds. The zero-order valence-electron chi connectivity index (χ0n) is 17.8. The van der Waals surface area contributed by atoms with Gasteiger partial charge in [0.2, 0.25) is 5.91 Å². The predicted octanol–water partition coefficient (Wildman–Crippen LogP) is 3.16. The molecule has 0 bridgehead atoms. The van der Waals surface area contributed by atoms with Gasteiger partial charge in [-0.2, -0.15) is 0 Å².